The van der Waals surface area contributed by atoms with Crippen molar-refractivity contribution in [2.45, 2.75) is 26.2 Å². The van der Waals surface area contributed by atoms with Gasteiger partial charge < -0.3 is 9.90 Å². The van der Waals surface area contributed by atoms with Gasteiger partial charge in [-0.2, -0.15) is 0 Å². The molecule has 0 aliphatic carbocycles. The van der Waals surface area contributed by atoms with E-state index < -0.39 is 5.97 Å². The van der Waals surface area contributed by atoms with Gasteiger partial charge in [0.25, 0.3) is 0 Å². The normalized spacial score (nSPS) is 10.1. The van der Waals surface area contributed by atoms with Crippen molar-refractivity contribution < 1.29 is 39.5 Å². The Morgan fingerprint density at radius 1 is 1.17 bits per heavy atom. The number of rotatable bonds is 4. The first-order chi connectivity index (χ1) is 8.24. The molecule has 0 N–H and O–H groups in total. The first-order valence-corrected chi connectivity index (χ1v) is 5.96. The molecule has 3 heteroatoms. The number of fused-ring (bicyclic) bond motifs is 1. The molecule has 0 aromatic heterocycles. The van der Waals surface area contributed by atoms with Crippen LogP contribution in [-0.2, 0) is 6.42 Å². The van der Waals surface area contributed by atoms with Crippen molar-refractivity contribution in [3.63, 3.8) is 0 Å². The van der Waals surface area contributed by atoms with Gasteiger partial charge in [-0.1, -0.05) is 49.7 Å². The van der Waals surface area contributed by atoms with Gasteiger partial charge in [-0.05, 0) is 29.2 Å². The summed E-state index contributed by atoms with van der Waals surface area (Å²) in [7, 11) is 0. The second-order valence-electron chi connectivity index (χ2n) is 4.21. The van der Waals surface area contributed by atoms with Crippen LogP contribution in [0.25, 0.3) is 10.8 Å². The Bertz CT molecular complexity index is 549. The standard InChI is InChI=1S/C15H16O2.Na/c1-2-3-6-12-10-9-11-7-4-5-8-13(11)14(12)15(16)17;/h4-5,7-10H,2-3,6H2,1H3,(H,16,17);/q;+1/p-1. The van der Waals surface area contributed by atoms with Crippen molar-refractivity contribution in [3.8, 4) is 0 Å². The Labute approximate surface area is 129 Å². The van der Waals surface area contributed by atoms with Crippen LogP contribution in [-0.4, -0.2) is 5.97 Å². The molecule has 2 aromatic rings. The van der Waals surface area contributed by atoms with E-state index in [0.717, 1.165) is 35.6 Å². The van der Waals surface area contributed by atoms with E-state index in [9.17, 15) is 9.90 Å². The van der Waals surface area contributed by atoms with Gasteiger partial charge in [0.1, 0.15) is 0 Å². The van der Waals surface area contributed by atoms with Gasteiger partial charge in [0.05, 0.1) is 5.97 Å². The van der Waals surface area contributed by atoms with Crippen molar-refractivity contribution >= 4 is 16.7 Å². The molecule has 2 nitrogen and oxygen atoms in total. The van der Waals surface area contributed by atoms with Crippen LogP contribution < -0.4 is 34.7 Å². The average molecular weight is 250 g/mol. The molecule has 0 fully saturated rings. The zero-order valence-corrected chi connectivity index (χ0v) is 12.9. The number of unbranched alkanes of at least 4 members (excludes halogenated alkanes) is 1. The number of carbonyl (C=O) groups excluding carboxylic acids is 1. The monoisotopic (exact) mass is 250 g/mol. The van der Waals surface area contributed by atoms with Crippen molar-refractivity contribution in [2.24, 2.45) is 0 Å². The van der Waals surface area contributed by atoms with Crippen molar-refractivity contribution in [3.05, 3.63) is 47.5 Å². The Kier molecular flexibility index (Phi) is 5.86. The number of benzene rings is 2. The number of aryl methyl sites for hydroxylation is 1. The van der Waals surface area contributed by atoms with Crippen LogP contribution in [0.2, 0.25) is 0 Å². The molecule has 0 saturated heterocycles. The minimum absolute atomic E-state index is 0. The summed E-state index contributed by atoms with van der Waals surface area (Å²) in [4.78, 5) is 11.3. The summed E-state index contributed by atoms with van der Waals surface area (Å²) in [6.45, 7) is 2.10. The van der Waals surface area contributed by atoms with Gasteiger partial charge in [-0.3, -0.25) is 0 Å². The Hall–Kier alpha value is -0.830. The van der Waals surface area contributed by atoms with E-state index in [1.54, 1.807) is 0 Å². The first-order valence-electron chi connectivity index (χ1n) is 5.96. The van der Waals surface area contributed by atoms with E-state index in [-0.39, 0.29) is 29.6 Å². The molecule has 0 radical (unpaired) electrons. The summed E-state index contributed by atoms with van der Waals surface area (Å²) in [5.41, 5.74) is 1.24. The molecule has 18 heavy (non-hydrogen) atoms. The predicted octanol–water partition coefficient (Wildman–Crippen LogP) is -0.450. The Morgan fingerprint density at radius 3 is 2.56 bits per heavy atom. The third-order valence-corrected chi connectivity index (χ3v) is 3.02. The van der Waals surface area contributed by atoms with E-state index in [4.69, 9.17) is 0 Å². The zero-order valence-electron chi connectivity index (χ0n) is 10.9. The molecule has 0 heterocycles. The second-order valence-corrected chi connectivity index (χ2v) is 4.21. The van der Waals surface area contributed by atoms with Crippen LogP contribution in [0.4, 0.5) is 0 Å². The maximum atomic E-state index is 11.3. The third-order valence-electron chi connectivity index (χ3n) is 3.02. The van der Waals surface area contributed by atoms with E-state index in [1.165, 1.54) is 0 Å². The Balaban J connectivity index is 0.00000162. The van der Waals surface area contributed by atoms with Crippen LogP contribution in [0.1, 0.15) is 35.7 Å². The number of hydrogen-bond donors (Lipinski definition) is 0. The maximum Gasteiger partial charge on any atom is 1.00 e. The molecule has 0 amide bonds. The number of carbonyl (C=O) groups is 1. The molecule has 88 valence electrons. The topological polar surface area (TPSA) is 40.1 Å². The van der Waals surface area contributed by atoms with Gasteiger partial charge in [0, 0.05) is 5.56 Å². The molecular weight excluding hydrogens is 235 g/mol. The van der Waals surface area contributed by atoms with Gasteiger partial charge in [0.2, 0.25) is 0 Å². The second kappa shape index (κ2) is 6.93. The Morgan fingerprint density at radius 2 is 1.89 bits per heavy atom. The largest absolute Gasteiger partial charge is 1.00 e. The fraction of sp³-hybridized carbons (Fsp3) is 0.267. The molecule has 0 aliphatic rings. The minimum atomic E-state index is -1.08. The van der Waals surface area contributed by atoms with E-state index in [2.05, 4.69) is 6.92 Å². The maximum absolute atomic E-state index is 11.3. The fourth-order valence-corrected chi connectivity index (χ4v) is 2.13. The third kappa shape index (κ3) is 3.14. The van der Waals surface area contributed by atoms with Crippen LogP contribution >= 0.6 is 0 Å². The quantitative estimate of drug-likeness (QED) is 0.690. The molecule has 0 atom stereocenters. The zero-order chi connectivity index (χ0) is 12.3. The van der Waals surface area contributed by atoms with Crippen molar-refractivity contribution in [2.75, 3.05) is 0 Å². The number of carboxylic acids is 1. The molecule has 0 bridgehead atoms. The van der Waals surface area contributed by atoms with Crippen LogP contribution in [0.15, 0.2) is 36.4 Å². The molecule has 2 rings (SSSR count). The van der Waals surface area contributed by atoms with E-state index in [0.29, 0.717) is 5.56 Å². The number of aromatic carboxylic acids is 1. The summed E-state index contributed by atoms with van der Waals surface area (Å²) < 4.78 is 0. The van der Waals surface area contributed by atoms with Crippen LogP contribution in [0.5, 0.6) is 0 Å². The van der Waals surface area contributed by atoms with E-state index >= 15 is 0 Å². The van der Waals surface area contributed by atoms with E-state index in [1.807, 2.05) is 36.4 Å². The summed E-state index contributed by atoms with van der Waals surface area (Å²) >= 11 is 0. The summed E-state index contributed by atoms with van der Waals surface area (Å²) in [5.74, 6) is -1.08. The number of hydrogen-bond acceptors (Lipinski definition) is 2. The van der Waals surface area contributed by atoms with Gasteiger partial charge in [-0.15, -0.1) is 0 Å². The summed E-state index contributed by atoms with van der Waals surface area (Å²) in [6.07, 6.45) is 2.85. The van der Waals surface area contributed by atoms with Crippen molar-refractivity contribution in [1.82, 2.24) is 0 Å². The minimum Gasteiger partial charge on any atom is -0.545 e. The first kappa shape index (κ1) is 15.2. The van der Waals surface area contributed by atoms with Gasteiger partial charge >= 0.3 is 29.6 Å². The average Bonchev–Trinajstić information content (AvgIpc) is 2.35. The fourth-order valence-electron chi connectivity index (χ4n) is 2.13. The summed E-state index contributed by atoms with van der Waals surface area (Å²) in [6, 6.07) is 11.4. The van der Waals surface area contributed by atoms with Gasteiger partial charge in [0.15, 0.2) is 0 Å². The molecule has 2 aromatic carbocycles. The summed E-state index contributed by atoms with van der Waals surface area (Å²) in [5, 5.41) is 13.0. The predicted molar refractivity (Wildman–Crippen MR) is 66.9 cm³/mol. The van der Waals surface area contributed by atoms with Crippen LogP contribution in [0, 0.1) is 0 Å². The molecular formula is C15H15NaO2. The van der Waals surface area contributed by atoms with Gasteiger partial charge in [-0.25, -0.2) is 0 Å². The SMILES string of the molecule is CCCCc1ccc2ccccc2c1C(=O)[O-].[Na+]. The molecule has 0 saturated carbocycles. The number of carboxylic acid groups (broad SMARTS) is 1. The smallest absolute Gasteiger partial charge is 0.545 e. The van der Waals surface area contributed by atoms with Crippen LogP contribution in [0.3, 0.4) is 0 Å². The van der Waals surface area contributed by atoms with Crippen molar-refractivity contribution in [1.29, 1.82) is 0 Å². The molecule has 0 aliphatic heterocycles. The molecule has 0 spiro atoms. The molecule has 0 unspecified atom stereocenters.